The van der Waals surface area contributed by atoms with Crippen LogP contribution in [-0.2, 0) is 32.6 Å². The van der Waals surface area contributed by atoms with E-state index in [9.17, 15) is 18.0 Å². The van der Waals surface area contributed by atoms with Gasteiger partial charge in [-0.15, -0.1) is 0 Å². The van der Waals surface area contributed by atoms with Crippen molar-refractivity contribution in [2.45, 2.75) is 44.7 Å². The summed E-state index contributed by atoms with van der Waals surface area (Å²) in [5.74, 6) is -1.49. The number of hydrogen-bond acceptors (Lipinski definition) is 4. The molecule has 1 atom stereocenters. The van der Waals surface area contributed by atoms with E-state index in [-0.39, 0.29) is 35.0 Å². The molecule has 0 heterocycles. The Hall–Kier alpha value is -4.21. The number of nitrogens with one attached hydrogen (secondary N) is 1. The number of hydrogen-bond donors (Lipinski definition) is 1. The average molecular weight is 650 g/mol. The van der Waals surface area contributed by atoms with Gasteiger partial charge in [-0.2, -0.15) is 0 Å². The normalized spacial score (nSPS) is 12.0. The molecule has 236 valence electrons. The minimum atomic E-state index is -4.27. The number of anilines is 1. The van der Waals surface area contributed by atoms with Gasteiger partial charge in [0.05, 0.1) is 10.6 Å². The van der Waals surface area contributed by atoms with Gasteiger partial charge in [-0.05, 0) is 60.9 Å². The summed E-state index contributed by atoms with van der Waals surface area (Å²) in [7, 11) is -4.27. The fraction of sp³-hybridized carbons (Fsp3) is 0.257. The second-order valence-corrected chi connectivity index (χ2v) is 13.6. The number of halogens is 2. The first-order valence-corrected chi connectivity index (χ1v) is 16.5. The summed E-state index contributed by atoms with van der Waals surface area (Å²) in [4.78, 5) is 29.4. The van der Waals surface area contributed by atoms with E-state index in [4.69, 9.17) is 11.6 Å². The lowest BCUT2D eigenvalue weighted by Crippen LogP contribution is -2.53. The predicted molar refractivity (Wildman–Crippen MR) is 176 cm³/mol. The zero-order chi connectivity index (χ0) is 32.6. The molecule has 0 aliphatic heterocycles. The lowest BCUT2D eigenvalue weighted by molar-refractivity contribution is -0.140. The quantitative estimate of drug-likeness (QED) is 0.182. The van der Waals surface area contributed by atoms with E-state index in [0.29, 0.717) is 11.6 Å². The average Bonchev–Trinajstić information content (AvgIpc) is 3.02. The van der Waals surface area contributed by atoms with Crippen LogP contribution in [-0.4, -0.2) is 44.3 Å². The number of sulfonamides is 1. The Labute approximate surface area is 269 Å². The molecule has 0 aliphatic carbocycles. The highest BCUT2D eigenvalue weighted by Gasteiger charge is 2.35. The standard InChI is InChI=1S/C35H37ClFN3O4S/c1-25(2)22-38-35(42)33(21-27-9-5-4-6-10-27)39(23-28-11-7-8-12-32(28)37)34(41)24-40(30-17-13-26(3)14-18-30)45(43,44)31-19-15-29(36)16-20-31/h4-20,25,33H,21-24H2,1-3H3,(H,38,42)/t33-/m0/s1. The monoisotopic (exact) mass is 649 g/mol. The van der Waals surface area contributed by atoms with E-state index < -0.39 is 40.2 Å². The van der Waals surface area contributed by atoms with Crippen molar-refractivity contribution in [1.82, 2.24) is 10.2 Å². The van der Waals surface area contributed by atoms with Crippen molar-refractivity contribution < 1.29 is 22.4 Å². The molecule has 0 aliphatic rings. The lowest BCUT2D eigenvalue weighted by Gasteiger charge is -2.34. The molecule has 4 rings (SSSR count). The van der Waals surface area contributed by atoms with Crippen LogP contribution in [0, 0.1) is 18.7 Å². The molecule has 0 bridgehead atoms. The molecule has 1 N–H and O–H groups in total. The Morgan fingerprint density at radius 2 is 1.49 bits per heavy atom. The Morgan fingerprint density at radius 1 is 0.867 bits per heavy atom. The van der Waals surface area contributed by atoms with Crippen molar-refractivity contribution in [2.24, 2.45) is 5.92 Å². The molecule has 10 heteroatoms. The summed E-state index contributed by atoms with van der Waals surface area (Å²) in [6, 6.07) is 26.6. The molecule has 0 fully saturated rings. The highest BCUT2D eigenvalue weighted by molar-refractivity contribution is 7.92. The van der Waals surface area contributed by atoms with Gasteiger partial charge in [0.15, 0.2) is 0 Å². The Balaban J connectivity index is 1.80. The van der Waals surface area contributed by atoms with E-state index in [1.54, 1.807) is 42.5 Å². The molecular weight excluding hydrogens is 613 g/mol. The number of carbonyl (C=O) groups is 2. The minimum Gasteiger partial charge on any atom is -0.354 e. The first-order chi connectivity index (χ1) is 21.5. The number of rotatable bonds is 13. The van der Waals surface area contributed by atoms with Crippen molar-refractivity contribution in [3.8, 4) is 0 Å². The Bertz CT molecular complexity index is 1700. The van der Waals surface area contributed by atoms with E-state index in [1.165, 1.54) is 35.2 Å². The van der Waals surface area contributed by atoms with Crippen molar-refractivity contribution in [3.63, 3.8) is 0 Å². The maximum absolute atomic E-state index is 15.0. The SMILES string of the molecule is Cc1ccc(N(CC(=O)N(Cc2ccccc2F)[C@@H](Cc2ccccc2)C(=O)NCC(C)C)S(=O)(=O)c2ccc(Cl)cc2)cc1. The van der Waals surface area contributed by atoms with Gasteiger partial charge in [0.1, 0.15) is 18.4 Å². The van der Waals surface area contributed by atoms with Crippen LogP contribution < -0.4 is 9.62 Å². The molecule has 0 unspecified atom stereocenters. The maximum atomic E-state index is 15.0. The third-order valence-electron chi connectivity index (χ3n) is 7.26. The van der Waals surface area contributed by atoms with Gasteiger partial charge >= 0.3 is 0 Å². The second-order valence-electron chi connectivity index (χ2n) is 11.3. The van der Waals surface area contributed by atoms with Crippen molar-refractivity contribution >= 4 is 39.1 Å². The van der Waals surface area contributed by atoms with Gasteiger partial charge in [-0.3, -0.25) is 13.9 Å². The first kappa shape index (κ1) is 33.7. The topological polar surface area (TPSA) is 86.8 Å². The van der Waals surface area contributed by atoms with Gasteiger partial charge in [0, 0.05) is 30.1 Å². The van der Waals surface area contributed by atoms with Crippen molar-refractivity contribution in [2.75, 3.05) is 17.4 Å². The molecule has 2 amide bonds. The van der Waals surface area contributed by atoms with Crippen LogP contribution in [0.2, 0.25) is 5.02 Å². The molecular formula is C35H37ClFN3O4S. The van der Waals surface area contributed by atoms with Gasteiger partial charge < -0.3 is 10.2 Å². The Kier molecular flexibility index (Phi) is 11.4. The summed E-state index contributed by atoms with van der Waals surface area (Å²) >= 11 is 6.03. The number of nitrogens with zero attached hydrogens (tertiary/aromatic N) is 2. The summed E-state index contributed by atoms with van der Waals surface area (Å²) in [6.45, 7) is 5.26. The van der Waals surface area contributed by atoms with E-state index in [1.807, 2.05) is 51.1 Å². The summed E-state index contributed by atoms with van der Waals surface area (Å²) in [6.07, 6.45) is 0.138. The fourth-order valence-corrected chi connectivity index (χ4v) is 6.30. The maximum Gasteiger partial charge on any atom is 0.264 e. The second kappa shape index (κ2) is 15.2. The number of carbonyl (C=O) groups excluding carboxylic acids is 2. The minimum absolute atomic E-state index is 0.0589. The van der Waals surface area contributed by atoms with Gasteiger partial charge in [-0.25, -0.2) is 12.8 Å². The highest BCUT2D eigenvalue weighted by atomic mass is 35.5. The van der Waals surface area contributed by atoms with Crippen LogP contribution in [0.15, 0.2) is 108 Å². The van der Waals surface area contributed by atoms with Crippen LogP contribution in [0.25, 0.3) is 0 Å². The van der Waals surface area contributed by atoms with Crippen LogP contribution in [0.3, 0.4) is 0 Å². The molecule has 4 aromatic rings. The molecule has 45 heavy (non-hydrogen) atoms. The smallest absolute Gasteiger partial charge is 0.264 e. The van der Waals surface area contributed by atoms with Gasteiger partial charge in [-0.1, -0.05) is 91.7 Å². The number of aryl methyl sites for hydroxylation is 1. The van der Waals surface area contributed by atoms with Crippen LogP contribution in [0.4, 0.5) is 10.1 Å². The van der Waals surface area contributed by atoms with Crippen LogP contribution >= 0.6 is 11.6 Å². The predicted octanol–water partition coefficient (Wildman–Crippen LogP) is 6.40. The zero-order valence-corrected chi connectivity index (χ0v) is 27.1. The van der Waals surface area contributed by atoms with Crippen LogP contribution in [0.5, 0.6) is 0 Å². The highest BCUT2D eigenvalue weighted by Crippen LogP contribution is 2.26. The van der Waals surface area contributed by atoms with Gasteiger partial charge in [0.2, 0.25) is 11.8 Å². The van der Waals surface area contributed by atoms with E-state index in [2.05, 4.69) is 5.32 Å². The van der Waals surface area contributed by atoms with E-state index >= 15 is 4.39 Å². The molecule has 0 radical (unpaired) electrons. The molecule has 7 nitrogen and oxygen atoms in total. The van der Waals surface area contributed by atoms with Crippen molar-refractivity contribution in [1.29, 1.82) is 0 Å². The number of benzene rings is 4. The molecule has 0 spiro atoms. The fourth-order valence-electron chi connectivity index (χ4n) is 4.76. The lowest BCUT2D eigenvalue weighted by atomic mass is 10.0. The van der Waals surface area contributed by atoms with Crippen LogP contribution in [0.1, 0.15) is 30.5 Å². The largest absolute Gasteiger partial charge is 0.354 e. The summed E-state index contributed by atoms with van der Waals surface area (Å²) in [5.41, 5.74) is 2.15. The zero-order valence-electron chi connectivity index (χ0n) is 25.5. The third-order valence-corrected chi connectivity index (χ3v) is 9.30. The third kappa shape index (κ3) is 8.93. The Morgan fingerprint density at radius 3 is 2.11 bits per heavy atom. The molecule has 0 aromatic heterocycles. The first-order valence-electron chi connectivity index (χ1n) is 14.6. The molecule has 0 saturated carbocycles. The number of amides is 2. The molecule has 0 saturated heterocycles. The van der Waals surface area contributed by atoms with Gasteiger partial charge in [0.25, 0.3) is 10.0 Å². The summed E-state index contributed by atoms with van der Waals surface area (Å²) in [5, 5.41) is 3.28. The van der Waals surface area contributed by atoms with Crippen molar-refractivity contribution in [3.05, 3.63) is 131 Å². The van der Waals surface area contributed by atoms with E-state index in [0.717, 1.165) is 15.4 Å². The summed E-state index contributed by atoms with van der Waals surface area (Å²) < 4.78 is 44.1. The molecule has 4 aromatic carbocycles.